The van der Waals surface area contributed by atoms with Crippen molar-refractivity contribution in [3.05, 3.63) is 76.8 Å². The third-order valence-electron chi connectivity index (χ3n) is 5.59. The fourth-order valence-corrected chi connectivity index (χ4v) is 4.23. The van der Waals surface area contributed by atoms with Crippen molar-refractivity contribution in [3.63, 3.8) is 0 Å². The molecule has 0 unspecified atom stereocenters. The fourth-order valence-electron chi connectivity index (χ4n) is 3.88. The number of tetrazole rings is 1. The monoisotopic (exact) mass is 466 g/mol. The van der Waals surface area contributed by atoms with Crippen LogP contribution < -0.4 is 4.90 Å². The zero-order valence-electron chi connectivity index (χ0n) is 17.8. The van der Waals surface area contributed by atoms with Crippen LogP contribution in [0.1, 0.15) is 16.1 Å². The summed E-state index contributed by atoms with van der Waals surface area (Å²) in [5.41, 5.74) is 2.32. The third-order valence-corrected chi connectivity index (χ3v) is 5.94. The predicted molar refractivity (Wildman–Crippen MR) is 121 cm³/mol. The number of rotatable bonds is 4. The maximum absolute atomic E-state index is 13.3. The first-order valence-corrected chi connectivity index (χ1v) is 10.8. The summed E-state index contributed by atoms with van der Waals surface area (Å²) in [5.74, 6) is 0.0889. The molecule has 0 atom stereocenters. The number of halogens is 2. The largest absolute Gasteiger partial charge is 0.336 e. The van der Waals surface area contributed by atoms with Gasteiger partial charge in [0.05, 0.1) is 22.6 Å². The molecule has 0 spiro atoms. The van der Waals surface area contributed by atoms with Gasteiger partial charge in [0.1, 0.15) is 11.0 Å². The van der Waals surface area contributed by atoms with Crippen LogP contribution in [0.4, 0.5) is 10.3 Å². The Morgan fingerprint density at radius 1 is 0.939 bits per heavy atom. The second kappa shape index (κ2) is 8.62. The van der Waals surface area contributed by atoms with Crippen molar-refractivity contribution < 1.29 is 9.18 Å². The molecule has 0 saturated carbocycles. The van der Waals surface area contributed by atoms with Crippen LogP contribution in [-0.4, -0.2) is 67.0 Å². The van der Waals surface area contributed by atoms with E-state index < -0.39 is 0 Å². The van der Waals surface area contributed by atoms with Gasteiger partial charge in [-0.25, -0.2) is 9.07 Å². The van der Waals surface area contributed by atoms with Gasteiger partial charge in [-0.1, -0.05) is 34.9 Å². The smallest absolute Gasteiger partial charge is 0.259 e. The van der Waals surface area contributed by atoms with Gasteiger partial charge >= 0.3 is 0 Å². The minimum absolute atomic E-state index is 0.187. The summed E-state index contributed by atoms with van der Waals surface area (Å²) in [6.45, 7) is 3.85. The lowest BCUT2D eigenvalue weighted by molar-refractivity contribution is 0.0745. The van der Waals surface area contributed by atoms with Crippen LogP contribution in [0.25, 0.3) is 11.4 Å². The molecule has 5 rings (SSSR count). The number of amides is 1. The van der Waals surface area contributed by atoms with Crippen LogP contribution in [0.3, 0.4) is 0 Å². The van der Waals surface area contributed by atoms with E-state index in [9.17, 15) is 9.18 Å². The summed E-state index contributed by atoms with van der Waals surface area (Å²) >= 11 is 6.54. The average Bonchev–Trinajstić information content (AvgIpc) is 3.44. The van der Waals surface area contributed by atoms with Gasteiger partial charge in [0, 0.05) is 26.2 Å². The highest BCUT2D eigenvalue weighted by atomic mass is 35.5. The first-order chi connectivity index (χ1) is 16.0. The SMILES string of the molecule is Cc1nn(-c2ccc(F)cc2)c(Cl)c1C(=O)N1CCN(c2nnnn2-c2ccccc2)CC1. The standard InChI is InChI=1S/C22H20ClFN8O/c1-15-19(20(23)31(26-15)18-9-7-16(24)8-10-18)21(33)29-11-13-30(14-12-29)22-25-27-28-32(22)17-5-3-2-4-6-17/h2-10H,11-14H2,1H3. The summed E-state index contributed by atoms with van der Waals surface area (Å²) in [6.07, 6.45) is 0. The lowest BCUT2D eigenvalue weighted by Crippen LogP contribution is -2.49. The Morgan fingerprint density at radius 2 is 1.61 bits per heavy atom. The molecule has 1 amide bonds. The first-order valence-electron chi connectivity index (χ1n) is 10.4. The number of carbonyl (C=O) groups excluding carboxylic acids is 1. The molecule has 4 aromatic rings. The second-order valence-corrected chi connectivity index (χ2v) is 8.00. The van der Waals surface area contributed by atoms with Crippen LogP contribution in [0.2, 0.25) is 5.15 Å². The number of nitrogens with zero attached hydrogens (tertiary/aromatic N) is 8. The molecule has 0 bridgehead atoms. The molecule has 3 heterocycles. The number of piperazine rings is 1. The highest BCUT2D eigenvalue weighted by Gasteiger charge is 2.29. The fraction of sp³-hybridized carbons (Fsp3) is 0.227. The zero-order valence-corrected chi connectivity index (χ0v) is 18.5. The molecule has 1 aliphatic rings. The lowest BCUT2D eigenvalue weighted by atomic mass is 10.2. The Labute approximate surface area is 194 Å². The summed E-state index contributed by atoms with van der Waals surface area (Å²) in [6, 6.07) is 15.4. The molecule has 2 aromatic heterocycles. The van der Waals surface area contributed by atoms with Crippen LogP contribution >= 0.6 is 11.6 Å². The van der Waals surface area contributed by atoms with Crippen molar-refractivity contribution in [3.8, 4) is 11.4 Å². The molecule has 0 aliphatic carbocycles. The maximum Gasteiger partial charge on any atom is 0.259 e. The van der Waals surface area contributed by atoms with E-state index in [1.807, 2.05) is 35.2 Å². The Kier molecular flexibility index (Phi) is 5.51. The molecule has 11 heteroatoms. The zero-order chi connectivity index (χ0) is 22.9. The molecular formula is C22H20ClFN8O. The molecule has 0 radical (unpaired) electrons. The van der Waals surface area contributed by atoms with E-state index in [-0.39, 0.29) is 16.9 Å². The predicted octanol–water partition coefficient (Wildman–Crippen LogP) is 2.91. The van der Waals surface area contributed by atoms with Gasteiger partial charge in [-0.3, -0.25) is 4.79 Å². The molecule has 9 nitrogen and oxygen atoms in total. The van der Waals surface area contributed by atoms with Gasteiger partial charge in [-0.05, 0) is 53.7 Å². The molecular weight excluding hydrogens is 447 g/mol. The number of benzene rings is 2. The van der Waals surface area contributed by atoms with Crippen molar-refractivity contribution >= 4 is 23.5 Å². The molecule has 168 valence electrons. The topological polar surface area (TPSA) is 85.0 Å². The van der Waals surface area contributed by atoms with E-state index in [1.165, 1.54) is 16.8 Å². The summed E-state index contributed by atoms with van der Waals surface area (Å²) in [4.78, 5) is 17.1. The van der Waals surface area contributed by atoms with Crippen molar-refractivity contribution in [1.29, 1.82) is 0 Å². The van der Waals surface area contributed by atoms with Gasteiger partial charge in [0.25, 0.3) is 5.91 Å². The molecule has 1 saturated heterocycles. The number of aromatic nitrogens is 6. The number of aryl methyl sites for hydroxylation is 1. The third kappa shape index (κ3) is 3.93. The van der Waals surface area contributed by atoms with Crippen molar-refractivity contribution in [1.82, 2.24) is 34.9 Å². The van der Waals surface area contributed by atoms with Gasteiger partial charge < -0.3 is 9.80 Å². The Hall–Kier alpha value is -3.79. The number of anilines is 1. The Morgan fingerprint density at radius 3 is 2.30 bits per heavy atom. The second-order valence-electron chi connectivity index (χ2n) is 7.64. The van der Waals surface area contributed by atoms with E-state index >= 15 is 0 Å². The molecule has 1 fully saturated rings. The summed E-state index contributed by atoms with van der Waals surface area (Å²) in [7, 11) is 0. The number of para-hydroxylation sites is 1. The van der Waals surface area contributed by atoms with Gasteiger partial charge in [-0.15, -0.1) is 0 Å². The highest BCUT2D eigenvalue weighted by molar-refractivity contribution is 6.33. The number of carbonyl (C=O) groups is 1. The lowest BCUT2D eigenvalue weighted by Gasteiger charge is -2.34. The van der Waals surface area contributed by atoms with Gasteiger partial charge in [0.2, 0.25) is 5.95 Å². The maximum atomic E-state index is 13.3. The van der Waals surface area contributed by atoms with Gasteiger partial charge in [-0.2, -0.15) is 9.78 Å². The van der Waals surface area contributed by atoms with E-state index in [0.717, 1.165) is 5.69 Å². The average molecular weight is 467 g/mol. The Balaban J connectivity index is 1.32. The normalized spacial score (nSPS) is 14.0. The van der Waals surface area contributed by atoms with Gasteiger partial charge in [0.15, 0.2) is 0 Å². The molecule has 33 heavy (non-hydrogen) atoms. The number of hydrogen-bond donors (Lipinski definition) is 0. The molecule has 0 N–H and O–H groups in total. The highest BCUT2D eigenvalue weighted by Crippen LogP contribution is 2.26. The van der Waals surface area contributed by atoms with Crippen molar-refractivity contribution in [2.24, 2.45) is 0 Å². The van der Waals surface area contributed by atoms with E-state index in [0.29, 0.717) is 49.1 Å². The van der Waals surface area contributed by atoms with Crippen LogP contribution in [0.5, 0.6) is 0 Å². The van der Waals surface area contributed by atoms with E-state index in [4.69, 9.17) is 11.6 Å². The van der Waals surface area contributed by atoms with Crippen LogP contribution in [0.15, 0.2) is 54.6 Å². The van der Waals surface area contributed by atoms with E-state index in [2.05, 4.69) is 20.6 Å². The summed E-state index contributed by atoms with van der Waals surface area (Å²) < 4.78 is 16.4. The minimum Gasteiger partial charge on any atom is -0.336 e. The van der Waals surface area contributed by atoms with Crippen molar-refractivity contribution in [2.75, 3.05) is 31.1 Å². The van der Waals surface area contributed by atoms with E-state index in [1.54, 1.807) is 28.6 Å². The molecule has 1 aliphatic heterocycles. The van der Waals surface area contributed by atoms with Crippen LogP contribution in [-0.2, 0) is 0 Å². The molecule has 2 aromatic carbocycles. The summed E-state index contributed by atoms with van der Waals surface area (Å²) in [5, 5.41) is 16.7. The number of hydrogen-bond acceptors (Lipinski definition) is 6. The quantitative estimate of drug-likeness (QED) is 0.460. The Bertz CT molecular complexity index is 1280. The van der Waals surface area contributed by atoms with Crippen molar-refractivity contribution in [2.45, 2.75) is 6.92 Å². The van der Waals surface area contributed by atoms with Crippen LogP contribution in [0, 0.1) is 12.7 Å². The minimum atomic E-state index is -0.355. The first kappa shape index (κ1) is 21.1.